The summed E-state index contributed by atoms with van der Waals surface area (Å²) in [5.74, 6) is 0.754. The van der Waals surface area contributed by atoms with Crippen molar-refractivity contribution in [1.29, 1.82) is 0 Å². The van der Waals surface area contributed by atoms with Gasteiger partial charge in [-0.1, -0.05) is 12.1 Å². The zero-order valence-corrected chi connectivity index (χ0v) is 9.66. The van der Waals surface area contributed by atoms with Crippen LogP contribution in [0.15, 0.2) is 36.0 Å². The van der Waals surface area contributed by atoms with E-state index in [4.69, 9.17) is 4.74 Å². The van der Waals surface area contributed by atoms with Crippen molar-refractivity contribution in [2.75, 3.05) is 0 Å². The van der Waals surface area contributed by atoms with Crippen molar-refractivity contribution < 1.29 is 9.53 Å². The number of benzene rings is 1. The fourth-order valence-electron chi connectivity index (χ4n) is 1.27. The number of nitrogens with zero attached hydrogens (tertiary/aromatic N) is 1. The van der Waals surface area contributed by atoms with E-state index in [0.29, 0.717) is 17.9 Å². The van der Waals surface area contributed by atoms with E-state index in [1.54, 1.807) is 42.1 Å². The predicted octanol–water partition coefficient (Wildman–Crippen LogP) is 2.92. The third-order valence-electron chi connectivity index (χ3n) is 2.11. The van der Waals surface area contributed by atoms with Crippen LogP contribution in [-0.4, -0.2) is 10.8 Å². The third kappa shape index (κ3) is 2.67. The summed E-state index contributed by atoms with van der Waals surface area (Å²) in [5.41, 5.74) is 2.44. The Bertz CT molecular complexity index is 480. The van der Waals surface area contributed by atoms with Crippen molar-refractivity contribution >= 4 is 17.1 Å². The Morgan fingerprint density at radius 2 is 2.38 bits per heavy atom. The molecule has 0 amide bonds. The average Bonchev–Trinajstić information content (AvgIpc) is 2.79. The topological polar surface area (TPSA) is 39.2 Å². The molecule has 0 aliphatic carbocycles. The van der Waals surface area contributed by atoms with Crippen LogP contribution in [0.5, 0.6) is 5.75 Å². The van der Waals surface area contributed by atoms with Gasteiger partial charge in [-0.15, -0.1) is 11.3 Å². The van der Waals surface area contributed by atoms with Crippen LogP contribution in [0.2, 0.25) is 0 Å². The molecule has 0 fully saturated rings. The van der Waals surface area contributed by atoms with Crippen LogP contribution in [-0.2, 0) is 6.61 Å². The Morgan fingerprint density at radius 1 is 1.50 bits per heavy atom. The highest BCUT2D eigenvalue weighted by atomic mass is 32.1. The van der Waals surface area contributed by atoms with Crippen LogP contribution in [0.3, 0.4) is 0 Å². The molecule has 0 atom stereocenters. The van der Waals surface area contributed by atoms with Crippen LogP contribution in [0.4, 0.5) is 0 Å². The highest BCUT2D eigenvalue weighted by Crippen LogP contribution is 2.16. The van der Waals surface area contributed by atoms with Crippen LogP contribution in [0.1, 0.15) is 22.2 Å². The summed E-state index contributed by atoms with van der Waals surface area (Å²) in [6.45, 7) is 2.04. The van der Waals surface area contributed by atoms with Gasteiger partial charge >= 0.3 is 0 Å². The third-order valence-corrected chi connectivity index (χ3v) is 2.86. The minimum Gasteiger partial charge on any atom is -0.488 e. The fourth-order valence-corrected chi connectivity index (χ4v) is 1.78. The summed E-state index contributed by atoms with van der Waals surface area (Å²) in [6.07, 6.45) is 1.78. The quantitative estimate of drug-likeness (QED) is 0.762. The maximum absolute atomic E-state index is 11.2. The van der Waals surface area contributed by atoms with Crippen molar-refractivity contribution in [3.8, 4) is 5.75 Å². The lowest BCUT2D eigenvalue weighted by molar-refractivity contribution is 0.101. The Balaban J connectivity index is 2.04. The summed E-state index contributed by atoms with van der Waals surface area (Å²) >= 11 is 1.55. The van der Waals surface area contributed by atoms with Crippen molar-refractivity contribution in [2.24, 2.45) is 0 Å². The van der Waals surface area contributed by atoms with Gasteiger partial charge in [-0.3, -0.25) is 9.78 Å². The van der Waals surface area contributed by atoms with Crippen LogP contribution in [0, 0.1) is 0 Å². The highest BCUT2D eigenvalue weighted by molar-refractivity contribution is 7.09. The fraction of sp³-hybridized carbons (Fsp3) is 0.167. The highest BCUT2D eigenvalue weighted by Gasteiger charge is 2.02. The molecule has 0 bridgehead atoms. The number of thiazole rings is 1. The molecule has 82 valence electrons. The van der Waals surface area contributed by atoms with Crippen LogP contribution >= 0.6 is 11.3 Å². The van der Waals surface area contributed by atoms with Gasteiger partial charge in [0.25, 0.3) is 0 Å². The molecule has 0 spiro atoms. The number of carbonyl (C=O) groups excluding carboxylic acids is 1. The zero-order chi connectivity index (χ0) is 11.4. The second-order valence-electron chi connectivity index (χ2n) is 3.34. The smallest absolute Gasteiger partial charge is 0.159 e. The van der Waals surface area contributed by atoms with E-state index in [9.17, 15) is 4.79 Å². The van der Waals surface area contributed by atoms with Gasteiger partial charge in [-0.2, -0.15) is 0 Å². The summed E-state index contributed by atoms with van der Waals surface area (Å²) in [5, 5.41) is 0. The first-order valence-electron chi connectivity index (χ1n) is 4.87. The van der Waals surface area contributed by atoms with Crippen molar-refractivity contribution in [3.63, 3.8) is 0 Å². The minimum atomic E-state index is 0.0447. The minimum absolute atomic E-state index is 0.0447. The monoisotopic (exact) mass is 233 g/mol. The molecule has 1 aromatic heterocycles. The van der Waals surface area contributed by atoms with E-state index >= 15 is 0 Å². The molecule has 0 unspecified atom stereocenters. The lowest BCUT2D eigenvalue weighted by Gasteiger charge is -2.05. The molecule has 0 aliphatic rings. The molecule has 4 heteroatoms. The summed E-state index contributed by atoms with van der Waals surface area (Å²) in [6, 6.07) is 7.19. The van der Waals surface area contributed by atoms with E-state index in [1.807, 2.05) is 12.1 Å². The van der Waals surface area contributed by atoms with Gasteiger partial charge in [0.15, 0.2) is 5.78 Å². The summed E-state index contributed by atoms with van der Waals surface area (Å²) in [7, 11) is 0. The van der Waals surface area contributed by atoms with Gasteiger partial charge in [0.2, 0.25) is 0 Å². The largest absolute Gasteiger partial charge is 0.488 e. The molecule has 2 aromatic rings. The van der Waals surface area contributed by atoms with E-state index in [-0.39, 0.29) is 5.78 Å². The number of rotatable bonds is 4. The van der Waals surface area contributed by atoms with Gasteiger partial charge in [-0.25, -0.2) is 0 Å². The van der Waals surface area contributed by atoms with Crippen molar-refractivity contribution in [3.05, 3.63) is 46.4 Å². The molecular formula is C12H11NO2S. The van der Waals surface area contributed by atoms with Crippen molar-refractivity contribution in [1.82, 2.24) is 4.98 Å². The molecule has 0 aliphatic heterocycles. The number of Topliss-reactive ketones (excluding diaryl/α,β-unsaturated/α-hetero) is 1. The molecule has 0 saturated heterocycles. The first-order chi connectivity index (χ1) is 7.75. The predicted molar refractivity (Wildman–Crippen MR) is 62.9 cm³/mol. The standard InChI is InChI=1S/C12H11NO2S/c1-9(14)10-3-2-4-11(5-10)15-7-12-6-13-8-16-12/h2-6,8H,7H2,1H3. The number of ether oxygens (including phenoxy) is 1. The maximum Gasteiger partial charge on any atom is 0.159 e. The van der Waals surface area contributed by atoms with Gasteiger partial charge in [0.1, 0.15) is 12.4 Å². The number of aromatic nitrogens is 1. The van der Waals surface area contributed by atoms with Gasteiger partial charge in [-0.05, 0) is 19.1 Å². The Hall–Kier alpha value is -1.68. The number of hydrogen-bond acceptors (Lipinski definition) is 4. The molecule has 3 nitrogen and oxygen atoms in total. The zero-order valence-electron chi connectivity index (χ0n) is 8.84. The lowest BCUT2D eigenvalue weighted by Crippen LogP contribution is -1.96. The Labute approximate surface area is 97.7 Å². The molecular weight excluding hydrogens is 222 g/mol. The second kappa shape index (κ2) is 4.90. The van der Waals surface area contributed by atoms with E-state index in [1.165, 1.54) is 0 Å². The molecule has 1 aromatic carbocycles. The Morgan fingerprint density at radius 3 is 3.06 bits per heavy atom. The van der Waals surface area contributed by atoms with Gasteiger partial charge in [0, 0.05) is 11.8 Å². The number of carbonyl (C=O) groups is 1. The van der Waals surface area contributed by atoms with Crippen molar-refractivity contribution in [2.45, 2.75) is 13.5 Å². The lowest BCUT2D eigenvalue weighted by atomic mass is 10.1. The molecule has 0 radical (unpaired) electrons. The summed E-state index contributed by atoms with van der Waals surface area (Å²) < 4.78 is 5.56. The normalized spacial score (nSPS) is 10.1. The first kappa shape index (κ1) is 10.8. The SMILES string of the molecule is CC(=O)c1cccc(OCc2cncs2)c1. The van der Waals surface area contributed by atoms with Gasteiger partial charge < -0.3 is 4.74 Å². The average molecular weight is 233 g/mol. The van der Waals surface area contributed by atoms with E-state index in [0.717, 1.165) is 4.88 Å². The maximum atomic E-state index is 11.2. The number of ketones is 1. The molecule has 0 N–H and O–H groups in total. The van der Waals surface area contributed by atoms with E-state index in [2.05, 4.69) is 4.98 Å². The first-order valence-corrected chi connectivity index (χ1v) is 5.75. The molecule has 0 saturated carbocycles. The molecule has 2 rings (SSSR count). The molecule has 1 heterocycles. The van der Waals surface area contributed by atoms with Gasteiger partial charge in [0.05, 0.1) is 10.4 Å². The summed E-state index contributed by atoms with van der Waals surface area (Å²) in [4.78, 5) is 16.2. The Kier molecular flexibility index (Phi) is 3.31. The molecule has 16 heavy (non-hydrogen) atoms. The number of hydrogen-bond donors (Lipinski definition) is 0. The van der Waals surface area contributed by atoms with Crippen LogP contribution in [0.25, 0.3) is 0 Å². The van der Waals surface area contributed by atoms with E-state index < -0.39 is 0 Å². The second-order valence-corrected chi connectivity index (χ2v) is 4.31. The van der Waals surface area contributed by atoms with Crippen LogP contribution < -0.4 is 4.74 Å².